The van der Waals surface area contributed by atoms with E-state index in [-0.39, 0.29) is 0 Å². The number of pyridine rings is 1. The van der Waals surface area contributed by atoms with Gasteiger partial charge in [0.1, 0.15) is 0 Å². The van der Waals surface area contributed by atoms with E-state index in [9.17, 15) is 0 Å². The van der Waals surface area contributed by atoms with E-state index < -0.39 is 0 Å². The zero-order chi connectivity index (χ0) is 10.3. The average Bonchev–Trinajstić information content (AvgIpc) is 3.11. The Morgan fingerprint density at radius 2 is 2.00 bits per heavy atom. The molecule has 76 valence electrons. The van der Waals surface area contributed by atoms with Crippen LogP contribution in [0.3, 0.4) is 0 Å². The Balaban J connectivity index is 2.16. The zero-order valence-electron chi connectivity index (χ0n) is 8.85. The van der Waals surface area contributed by atoms with E-state index in [4.69, 9.17) is 0 Å². The molecule has 2 heteroatoms. The summed E-state index contributed by atoms with van der Waals surface area (Å²) in [5.74, 6) is 0. The first-order valence-electron chi connectivity index (χ1n) is 5.43. The summed E-state index contributed by atoms with van der Waals surface area (Å²) in [6, 6.07) is 11.2. The van der Waals surface area contributed by atoms with E-state index in [1.807, 2.05) is 12.3 Å². The number of hydrogen-bond acceptors (Lipinski definition) is 2. The van der Waals surface area contributed by atoms with Crippen LogP contribution in [-0.2, 0) is 0 Å². The van der Waals surface area contributed by atoms with Crippen molar-refractivity contribution >= 4 is 16.6 Å². The van der Waals surface area contributed by atoms with Crippen LogP contribution >= 0.6 is 0 Å². The molecule has 0 amide bonds. The van der Waals surface area contributed by atoms with Gasteiger partial charge in [-0.15, -0.1) is 0 Å². The van der Waals surface area contributed by atoms with Crippen LogP contribution in [0.1, 0.15) is 12.8 Å². The fourth-order valence-electron chi connectivity index (χ4n) is 2.03. The van der Waals surface area contributed by atoms with Crippen LogP contribution in [0, 0.1) is 0 Å². The SMILES string of the molecule is CN(c1cccc2cccnc12)C1CC1. The monoisotopic (exact) mass is 198 g/mol. The maximum Gasteiger partial charge on any atom is 0.0935 e. The Morgan fingerprint density at radius 3 is 2.80 bits per heavy atom. The molecule has 15 heavy (non-hydrogen) atoms. The number of anilines is 1. The number of rotatable bonds is 2. The van der Waals surface area contributed by atoms with Gasteiger partial charge in [0.15, 0.2) is 0 Å². The third kappa shape index (κ3) is 1.46. The van der Waals surface area contributed by atoms with Crippen LogP contribution in [-0.4, -0.2) is 18.1 Å². The summed E-state index contributed by atoms with van der Waals surface area (Å²) in [5, 5.41) is 1.22. The van der Waals surface area contributed by atoms with Crippen molar-refractivity contribution in [1.82, 2.24) is 4.98 Å². The maximum absolute atomic E-state index is 4.47. The van der Waals surface area contributed by atoms with Crippen LogP contribution in [0.25, 0.3) is 10.9 Å². The molecule has 1 aliphatic rings. The van der Waals surface area contributed by atoms with Crippen molar-refractivity contribution < 1.29 is 0 Å². The predicted molar refractivity (Wildman–Crippen MR) is 63.2 cm³/mol. The lowest BCUT2D eigenvalue weighted by Gasteiger charge is -2.19. The topological polar surface area (TPSA) is 16.1 Å². The van der Waals surface area contributed by atoms with E-state index >= 15 is 0 Å². The molecule has 1 fully saturated rings. The fourth-order valence-corrected chi connectivity index (χ4v) is 2.03. The number of nitrogens with zero attached hydrogens (tertiary/aromatic N) is 2. The van der Waals surface area contributed by atoms with E-state index in [1.54, 1.807) is 0 Å². The third-order valence-corrected chi connectivity index (χ3v) is 3.09. The van der Waals surface area contributed by atoms with Crippen LogP contribution in [0.4, 0.5) is 5.69 Å². The van der Waals surface area contributed by atoms with Gasteiger partial charge in [-0.1, -0.05) is 18.2 Å². The minimum absolute atomic E-state index is 0.734. The molecule has 1 aromatic heterocycles. The van der Waals surface area contributed by atoms with Gasteiger partial charge in [0, 0.05) is 24.7 Å². The molecule has 0 unspecified atom stereocenters. The second-order valence-corrected chi connectivity index (χ2v) is 4.19. The van der Waals surface area contributed by atoms with Crippen molar-refractivity contribution in [2.75, 3.05) is 11.9 Å². The second-order valence-electron chi connectivity index (χ2n) is 4.19. The molecule has 0 saturated heterocycles. The first-order valence-corrected chi connectivity index (χ1v) is 5.43. The molecule has 2 nitrogen and oxygen atoms in total. The van der Waals surface area contributed by atoms with Crippen molar-refractivity contribution in [1.29, 1.82) is 0 Å². The molecule has 1 aromatic carbocycles. The number of aromatic nitrogens is 1. The molecular weight excluding hydrogens is 184 g/mol. The quantitative estimate of drug-likeness (QED) is 0.737. The highest BCUT2D eigenvalue weighted by Crippen LogP contribution is 2.33. The molecule has 1 heterocycles. The highest BCUT2D eigenvalue weighted by Gasteiger charge is 2.27. The van der Waals surface area contributed by atoms with Crippen LogP contribution in [0.5, 0.6) is 0 Å². The average molecular weight is 198 g/mol. The molecule has 0 atom stereocenters. The van der Waals surface area contributed by atoms with Crippen molar-refractivity contribution in [3.63, 3.8) is 0 Å². The number of para-hydroxylation sites is 1. The van der Waals surface area contributed by atoms with Crippen LogP contribution in [0.2, 0.25) is 0 Å². The first-order chi connectivity index (χ1) is 7.36. The largest absolute Gasteiger partial charge is 0.370 e. The van der Waals surface area contributed by atoms with Crippen molar-refractivity contribution in [2.24, 2.45) is 0 Å². The highest BCUT2D eigenvalue weighted by molar-refractivity contribution is 5.90. The van der Waals surface area contributed by atoms with Crippen molar-refractivity contribution in [3.8, 4) is 0 Å². The first kappa shape index (κ1) is 8.72. The minimum atomic E-state index is 0.734. The van der Waals surface area contributed by atoms with E-state index in [2.05, 4.69) is 41.2 Å². The summed E-state index contributed by atoms with van der Waals surface area (Å²) in [7, 11) is 2.17. The Kier molecular flexibility index (Phi) is 1.88. The lowest BCUT2D eigenvalue weighted by molar-refractivity contribution is 0.920. The van der Waals surface area contributed by atoms with Crippen LogP contribution < -0.4 is 4.90 Å². The lowest BCUT2D eigenvalue weighted by atomic mass is 10.2. The van der Waals surface area contributed by atoms with Gasteiger partial charge in [-0.25, -0.2) is 0 Å². The summed E-state index contributed by atoms with van der Waals surface area (Å²) < 4.78 is 0. The summed E-state index contributed by atoms with van der Waals surface area (Å²) in [6.07, 6.45) is 4.51. The summed E-state index contributed by atoms with van der Waals surface area (Å²) >= 11 is 0. The summed E-state index contributed by atoms with van der Waals surface area (Å²) in [6.45, 7) is 0. The number of fused-ring (bicyclic) bond motifs is 1. The normalized spacial score (nSPS) is 15.5. The molecule has 3 rings (SSSR count). The Labute approximate surface area is 89.5 Å². The highest BCUT2D eigenvalue weighted by atomic mass is 15.2. The fraction of sp³-hybridized carbons (Fsp3) is 0.308. The zero-order valence-corrected chi connectivity index (χ0v) is 8.85. The smallest absolute Gasteiger partial charge is 0.0935 e. The number of benzene rings is 1. The minimum Gasteiger partial charge on any atom is -0.370 e. The Morgan fingerprint density at radius 1 is 1.20 bits per heavy atom. The van der Waals surface area contributed by atoms with Crippen molar-refractivity contribution in [3.05, 3.63) is 36.5 Å². The molecule has 0 bridgehead atoms. The van der Waals surface area contributed by atoms with E-state index in [1.165, 1.54) is 23.9 Å². The summed E-state index contributed by atoms with van der Waals surface area (Å²) in [4.78, 5) is 6.83. The predicted octanol–water partition coefficient (Wildman–Crippen LogP) is 2.83. The van der Waals surface area contributed by atoms with Gasteiger partial charge in [-0.3, -0.25) is 4.98 Å². The number of hydrogen-bond donors (Lipinski definition) is 0. The summed E-state index contributed by atoms with van der Waals surface area (Å²) in [5.41, 5.74) is 2.38. The molecule has 1 saturated carbocycles. The lowest BCUT2D eigenvalue weighted by Crippen LogP contribution is -2.19. The van der Waals surface area contributed by atoms with Gasteiger partial charge < -0.3 is 4.90 Å². The molecule has 1 aliphatic carbocycles. The van der Waals surface area contributed by atoms with Gasteiger partial charge in [-0.2, -0.15) is 0 Å². The Hall–Kier alpha value is -1.57. The van der Waals surface area contributed by atoms with E-state index in [0.717, 1.165) is 11.6 Å². The van der Waals surface area contributed by atoms with E-state index in [0.29, 0.717) is 0 Å². The van der Waals surface area contributed by atoms with Gasteiger partial charge in [0.2, 0.25) is 0 Å². The molecule has 0 aliphatic heterocycles. The maximum atomic E-state index is 4.47. The van der Waals surface area contributed by atoms with Crippen molar-refractivity contribution in [2.45, 2.75) is 18.9 Å². The Bertz CT molecular complexity index is 483. The van der Waals surface area contributed by atoms with Gasteiger partial charge in [0.25, 0.3) is 0 Å². The molecule has 0 radical (unpaired) electrons. The second kappa shape index (κ2) is 3.23. The van der Waals surface area contributed by atoms with Gasteiger partial charge in [0.05, 0.1) is 11.2 Å². The molecular formula is C13H14N2. The molecule has 0 spiro atoms. The van der Waals surface area contributed by atoms with Gasteiger partial charge >= 0.3 is 0 Å². The molecule has 0 N–H and O–H groups in total. The third-order valence-electron chi connectivity index (χ3n) is 3.09. The molecule has 2 aromatic rings. The van der Waals surface area contributed by atoms with Gasteiger partial charge in [-0.05, 0) is 25.0 Å². The van der Waals surface area contributed by atoms with Crippen LogP contribution in [0.15, 0.2) is 36.5 Å². The standard InChI is InChI=1S/C13H14N2/c1-15(11-7-8-11)12-6-2-4-10-5-3-9-14-13(10)12/h2-6,9,11H,7-8H2,1H3.